The molecule has 0 saturated heterocycles. The second-order valence-corrected chi connectivity index (χ2v) is 5.14. The summed E-state index contributed by atoms with van der Waals surface area (Å²) < 4.78 is 18.3. The van der Waals surface area contributed by atoms with Gasteiger partial charge in [-0.2, -0.15) is 0 Å². The molecule has 0 aromatic heterocycles. The molecule has 0 aliphatic heterocycles. The van der Waals surface area contributed by atoms with E-state index in [-0.39, 0.29) is 24.9 Å². The van der Waals surface area contributed by atoms with Crippen molar-refractivity contribution in [2.75, 3.05) is 31.6 Å². The third-order valence-electron chi connectivity index (χ3n) is 3.25. The van der Waals surface area contributed by atoms with Crippen molar-refractivity contribution in [3.8, 4) is 5.75 Å². The highest BCUT2D eigenvalue weighted by atomic mass is 19.1. The Morgan fingerprint density at radius 2 is 1.92 bits per heavy atom. The number of benzene rings is 2. The molecule has 5 nitrogen and oxygen atoms in total. The molecule has 24 heavy (non-hydrogen) atoms. The van der Waals surface area contributed by atoms with E-state index in [4.69, 9.17) is 9.84 Å². The average molecular weight is 332 g/mol. The molecule has 0 spiro atoms. The third-order valence-corrected chi connectivity index (χ3v) is 3.25. The smallest absolute Gasteiger partial charge is 0.251 e. The first kappa shape index (κ1) is 17.7. The lowest BCUT2D eigenvalue weighted by molar-refractivity contribution is 0.0945. The van der Waals surface area contributed by atoms with E-state index in [1.54, 1.807) is 30.3 Å². The summed E-state index contributed by atoms with van der Waals surface area (Å²) in [5.41, 5.74) is 1.38. The first-order chi connectivity index (χ1) is 11.7. The number of rotatable bonds is 9. The molecule has 6 heteroatoms. The van der Waals surface area contributed by atoms with Crippen LogP contribution in [-0.2, 0) is 0 Å². The van der Waals surface area contributed by atoms with E-state index in [1.165, 1.54) is 12.1 Å². The summed E-state index contributed by atoms with van der Waals surface area (Å²) in [4.78, 5) is 11.8. The predicted molar refractivity (Wildman–Crippen MR) is 90.9 cm³/mol. The van der Waals surface area contributed by atoms with Crippen LogP contribution in [0.3, 0.4) is 0 Å². The van der Waals surface area contributed by atoms with E-state index in [2.05, 4.69) is 10.6 Å². The number of aliphatic hydroxyl groups excluding tert-OH is 1. The lowest BCUT2D eigenvalue weighted by atomic mass is 10.2. The van der Waals surface area contributed by atoms with E-state index in [0.717, 1.165) is 12.1 Å². The second kappa shape index (κ2) is 9.52. The van der Waals surface area contributed by atoms with Crippen LogP contribution in [0.5, 0.6) is 5.75 Å². The van der Waals surface area contributed by atoms with E-state index < -0.39 is 0 Å². The summed E-state index contributed by atoms with van der Waals surface area (Å²) in [5.74, 6) is 0.137. The molecule has 3 N–H and O–H groups in total. The Balaban J connectivity index is 1.72. The van der Waals surface area contributed by atoms with Gasteiger partial charge >= 0.3 is 0 Å². The highest BCUT2D eigenvalue weighted by Crippen LogP contribution is 2.12. The lowest BCUT2D eigenvalue weighted by Crippen LogP contribution is -2.26. The number of carbonyl (C=O) groups is 1. The Kier molecular flexibility index (Phi) is 7.04. The maximum Gasteiger partial charge on any atom is 0.251 e. The molecule has 2 aromatic rings. The fourth-order valence-corrected chi connectivity index (χ4v) is 2.07. The van der Waals surface area contributed by atoms with Crippen LogP contribution in [0, 0.1) is 5.82 Å². The molecule has 1 amide bonds. The molecule has 0 unspecified atom stereocenters. The molecule has 2 rings (SSSR count). The number of aliphatic hydroxyl groups is 1. The van der Waals surface area contributed by atoms with E-state index in [0.29, 0.717) is 24.5 Å². The maximum absolute atomic E-state index is 12.8. The molecule has 0 saturated carbocycles. The Labute approximate surface area is 140 Å². The molecule has 0 bridgehead atoms. The first-order valence-electron chi connectivity index (χ1n) is 7.80. The van der Waals surface area contributed by atoms with Crippen LogP contribution in [0.15, 0.2) is 48.5 Å². The van der Waals surface area contributed by atoms with Gasteiger partial charge in [0, 0.05) is 24.3 Å². The molecular formula is C18H21FN2O3. The van der Waals surface area contributed by atoms with Gasteiger partial charge in [-0.3, -0.25) is 4.79 Å². The fourth-order valence-electron chi connectivity index (χ4n) is 2.07. The monoisotopic (exact) mass is 332 g/mol. The SMILES string of the molecule is O=C(NCCO)c1cccc(NCCCOc2ccc(F)cc2)c1. The number of anilines is 1. The zero-order chi connectivity index (χ0) is 17.2. The normalized spacial score (nSPS) is 10.2. The van der Waals surface area contributed by atoms with Crippen LogP contribution < -0.4 is 15.4 Å². The van der Waals surface area contributed by atoms with Crippen molar-refractivity contribution < 1.29 is 19.0 Å². The van der Waals surface area contributed by atoms with Gasteiger partial charge in [-0.05, 0) is 48.9 Å². The van der Waals surface area contributed by atoms with Crippen LogP contribution in [0.25, 0.3) is 0 Å². The van der Waals surface area contributed by atoms with Crippen LogP contribution >= 0.6 is 0 Å². The van der Waals surface area contributed by atoms with E-state index in [1.807, 2.05) is 6.07 Å². The van der Waals surface area contributed by atoms with E-state index >= 15 is 0 Å². The zero-order valence-electron chi connectivity index (χ0n) is 13.3. The Morgan fingerprint density at radius 3 is 2.67 bits per heavy atom. The summed E-state index contributed by atoms with van der Waals surface area (Å²) in [6.45, 7) is 1.34. The van der Waals surface area contributed by atoms with Gasteiger partial charge in [-0.25, -0.2) is 4.39 Å². The molecule has 0 aliphatic rings. The van der Waals surface area contributed by atoms with Gasteiger partial charge in [0.05, 0.1) is 13.2 Å². The molecular weight excluding hydrogens is 311 g/mol. The van der Waals surface area contributed by atoms with Crippen LogP contribution in [0.4, 0.5) is 10.1 Å². The van der Waals surface area contributed by atoms with E-state index in [9.17, 15) is 9.18 Å². The topological polar surface area (TPSA) is 70.6 Å². The highest BCUT2D eigenvalue weighted by molar-refractivity contribution is 5.95. The van der Waals surface area contributed by atoms with Crippen molar-refractivity contribution in [2.24, 2.45) is 0 Å². The number of amides is 1. The van der Waals surface area contributed by atoms with Crippen molar-refractivity contribution in [1.29, 1.82) is 0 Å². The molecule has 0 radical (unpaired) electrons. The lowest BCUT2D eigenvalue weighted by Gasteiger charge is -2.09. The molecule has 0 heterocycles. The van der Waals surface area contributed by atoms with Gasteiger partial charge in [0.25, 0.3) is 5.91 Å². The number of halogens is 1. The van der Waals surface area contributed by atoms with Gasteiger partial charge in [0.15, 0.2) is 0 Å². The first-order valence-corrected chi connectivity index (χ1v) is 7.80. The molecule has 0 fully saturated rings. The maximum atomic E-state index is 12.8. The predicted octanol–water partition coefficient (Wildman–Crippen LogP) is 2.43. The summed E-state index contributed by atoms with van der Waals surface area (Å²) in [5, 5.41) is 14.6. The minimum Gasteiger partial charge on any atom is -0.494 e. The van der Waals surface area contributed by atoms with Gasteiger partial charge in [0.1, 0.15) is 11.6 Å². The standard InChI is InChI=1S/C18H21FN2O3/c19-15-5-7-17(8-6-15)24-12-2-9-20-16-4-1-3-14(13-16)18(23)21-10-11-22/h1,3-8,13,20,22H,2,9-12H2,(H,21,23). The summed E-state index contributed by atoms with van der Waals surface area (Å²) in [7, 11) is 0. The largest absolute Gasteiger partial charge is 0.494 e. The van der Waals surface area contributed by atoms with Crippen molar-refractivity contribution in [3.63, 3.8) is 0 Å². The average Bonchev–Trinajstić information content (AvgIpc) is 2.61. The van der Waals surface area contributed by atoms with Crippen molar-refractivity contribution >= 4 is 11.6 Å². The van der Waals surface area contributed by atoms with Crippen LogP contribution in [0.1, 0.15) is 16.8 Å². The molecule has 0 aliphatic carbocycles. The number of nitrogens with one attached hydrogen (secondary N) is 2. The Morgan fingerprint density at radius 1 is 1.12 bits per heavy atom. The van der Waals surface area contributed by atoms with Gasteiger partial charge in [-0.1, -0.05) is 6.07 Å². The van der Waals surface area contributed by atoms with Crippen LogP contribution in [0.2, 0.25) is 0 Å². The minimum atomic E-state index is -0.285. The molecule has 0 atom stereocenters. The number of ether oxygens (including phenoxy) is 1. The van der Waals surface area contributed by atoms with Crippen LogP contribution in [-0.4, -0.2) is 37.3 Å². The Bertz CT molecular complexity index is 647. The quantitative estimate of drug-likeness (QED) is 0.617. The summed E-state index contributed by atoms with van der Waals surface area (Å²) in [6, 6.07) is 13.1. The highest BCUT2D eigenvalue weighted by Gasteiger charge is 2.05. The summed E-state index contributed by atoms with van der Waals surface area (Å²) >= 11 is 0. The Hall–Kier alpha value is -2.60. The number of hydrogen-bond donors (Lipinski definition) is 3. The van der Waals surface area contributed by atoms with Gasteiger partial charge in [0.2, 0.25) is 0 Å². The molecule has 2 aromatic carbocycles. The second-order valence-electron chi connectivity index (χ2n) is 5.14. The third kappa shape index (κ3) is 5.89. The minimum absolute atomic E-state index is 0.0856. The molecule has 128 valence electrons. The van der Waals surface area contributed by atoms with Crippen molar-refractivity contribution in [3.05, 3.63) is 59.9 Å². The van der Waals surface area contributed by atoms with Crippen molar-refractivity contribution in [1.82, 2.24) is 5.32 Å². The number of hydrogen-bond acceptors (Lipinski definition) is 4. The van der Waals surface area contributed by atoms with Crippen molar-refractivity contribution in [2.45, 2.75) is 6.42 Å². The zero-order valence-corrected chi connectivity index (χ0v) is 13.3. The number of carbonyl (C=O) groups excluding carboxylic acids is 1. The summed E-state index contributed by atoms with van der Waals surface area (Å²) in [6.07, 6.45) is 0.762. The fraction of sp³-hybridized carbons (Fsp3) is 0.278. The van der Waals surface area contributed by atoms with Gasteiger partial charge in [-0.15, -0.1) is 0 Å². The van der Waals surface area contributed by atoms with Gasteiger partial charge < -0.3 is 20.5 Å².